The Bertz CT molecular complexity index is 1710. The molecule has 1 aromatic carbocycles. The van der Waals surface area contributed by atoms with Gasteiger partial charge in [-0.05, 0) is 55.5 Å². The van der Waals surface area contributed by atoms with Crippen molar-refractivity contribution >= 4 is 38.8 Å². The third-order valence-corrected chi connectivity index (χ3v) is 7.70. The Balaban J connectivity index is 1.36. The predicted molar refractivity (Wildman–Crippen MR) is 150 cm³/mol. The molecule has 208 valence electrons. The maximum Gasteiger partial charge on any atom is 0.407 e. The number of hydrogen-bond donors (Lipinski definition) is 3. The number of hydrogen-bond acceptors (Lipinski definition) is 6. The number of nitrogens with zero attached hydrogens (tertiary/aromatic N) is 4. The van der Waals surface area contributed by atoms with Gasteiger partial charge in [0.15, 0.2) is 5.13 Å². The van der Waals surface area contributed by atoms with E-state index in [1.807, 2.05) is 0 Å². The van der Waals surface area contributed by atoms with Gasteiger partial charge in [0.05, 0.1) is 15.9 Å². The Morgan fingerprint density at radius 1 is 1.15 bits per heavy atom. The highest BCUT2D eigenvalue weighted by Crippen LogP contribution is 2.32. The number of benzene rings is 1. The van der Waals surface area contributed by atoms with Gasteiger partial charge in [0.1, 0.15) is 5.82 Å². The Morgan fingerprint density at radius 3 is 2.70 bits per heavy atom. The van der Waals surface area contributed by atoms with Crippen molar-refractivity contribution in [3.63, 3.8) is 0 Å². The van der Waals surface area contributed by atoms with E-state index in [0.29, 0.717) is 52.8 Å². The van der Waals surface area contributed by atoms with Gasteiger partial charge in [0.2, 0.25) is 0 Å². The molecular weight excluding hydrogens is 539 g/mol. The number of anilines is 1. The zero-order chi connectivity index (χ0) is 28.4. The number of piperidine rings is 1. The van der Waals surface area contributed by atoms with Gasteiger partial charge in [-0.1, -0.05) is 11.3 Å². The minimum Gasteiger partial charge on any atom is -0.465 e. The predicted octanol–water partition coefficient (Wildman–Crippen LogP) is 3.95. The number of nitrogens with one attached hydrogen (secondary N) is 2. The molecule has 0 spiro atoms. The lowest BCUT2D eigenvalue weighted by molar-refractivity contribution is 0.116. The number of pyridine rings is 2. The fraction of sp³-hybridized carbons (Fsp3) is 0.296. The Hall–Kier alpha value is -4.52. The number of carboxylic acid groups (broad SMARTS) is 1. The van der Waals surface area contributed by atoms with E-state index in [9.17, 15) is 24.3 Å². The molecule has 11 nitrogen and oxygen atoms in total. The van der Waals surface area contributed by atoms with Crippen molar-refractivity contribution in [1.82, 2.24) is 24.3 Å². The first kappa shape index (κ1) is 27.1. The molecule has 3 aromatic heterocycles. The summed E-state index contributed by atoms with van der Waals surface area (Å²) in [4.78, 5) is 54.6. The van der Waals surface area contributed by atoms with Crippen LogP contribution in [0.15, 0.2) is 58.4 Å². The minimum atomic E-state index is -0.959. The van der Waals surface area contributed by atoms with Gasteiger partial charge in [-0.2, -0.15) is 0 Å². The van der Waals surface area contributed by atoms with Crippen molar-refractivity contribution in [3.8, 4) is 16.8 Å². The molecule has 1 aliphatic heterocycles. The van der Waals surface area contributed by atoms with E-state index < -0.39 is 23.5 Å². The summed E-state index contributed by atoms with van der Waals surface area (Å²) in [6, 6.07) is 8.31. The summed E-state index contributed by atoms with van der Waals surface area (Å²) in [5.41, 5.74) is 0.620. The van der Waals surface area contributed by atoms with E-state index in [1.165, 1.54) is 44.5 Å². The highest BCUT2D eigenvalue weighted by atomic mass is 32.1. The summed E-state index contributed by atoms with van der Waals surface area (Å²) in [5.74, 6) is -0.509. The number of fused-ring (bicyclic) bond motifs is 1. The van der Waals surface area contributed by atoms with Gasteiger partial charge in [-0.3, -0.25) is 19.5 Å². The van der Waals surface area contributed by atoms with Crippen LogP contribution in [0.2, 0.25) is 0 Å². The van der Waals surface area contributed by atoms with Gasteiger partial charge < -0.3 is 19.9 Å². The average molecular weight is 567 g/mol. The highest BCUT2D eigenvalue weighted by Gasteiger charge is 2.23. The SMILES string of the molecule is CCNC(=O)Nc1nc2cc(-c3ccn(-c4ccn(CC5CCCN(C(=O)O)C5)c(=O)c4)c(=O)c3)c(F)cc2s1. The molecule has 1 unspecified atom stereocenters. The minimum absolute atomic E-state index is 0.0284. The smallest absolute Gasteiger partial charge is 0.407 e. The Morgan fingerprint density at radius 2 is 1.98 bits per heavy atom. The van der Waals surface area contributed by atoms with E-state index in [2.05, 4.69) is 15.6 Å². The van der Waals surface area contributed by atoms with Crippen molar-refractivity contribution in [1.29, 1.82) is 0 Å². The monoisotopic (exact) mass is 566 g/mol. The molecule has 1 aliphatic rings. The van der Waals surface area contributed by atoms with Crippen LogP contribution in [0.5, 0.6) is 0 Å². The van der Waals surface area contributed by atoms with Crippen LogP contribution >= 0.6 is 11.3 Å². The second kappa shape index (κ2) is 11.3. The molecule has 0 aliphatic carbocycles. The van der Waals surface area contributed by atoms with Gasteiger partial charge >= 0.3 is 12.1 Å². The molecule has 4 heterocycles. The van der Waals surface area contributed by atoms with Crippen molar-refractivity contribution in [2.75, 3.05) is 25.0 Å². The molecule has 4 aromatic rings. The summed E-state index contributed by atoms with van der Waals surface area (Å²) >= 11 is 1.14. The second-order valence-electron chi connectivity index (χ2n) is 9.54. The maximum absolute atomic E-state index is 15.0. The second-order valence-corrected chi connectivity index (χ2v) is 10.6. The molecule has 3 amide bonds. The van der Waals surface area contributed by atoms with E-state index in [0.717, 1.165) is 24.2 Å². The fourth-order valence-corrected chi connectivity index (χ4v) is 5.72. The standard InChI is InChI=1S/C27H27FN6O5S/c1-2-29-25(37)31-26-30-21-12-19(20(28)13-22(21)40-26)17-5-9-34(24(36)10-17)18-6-8-32(23(35)11-18)14-16-4-3-7-33(15-16)27(38)39/h5-6,8-13,16H,2-4,7,14-15H2,1H3,(H,38,39)(H2,29,30,31,37). The highest BCUT2D eigenvalue weighted by molar-refractivity contribution is 7.22. The average Bonchev–Trinajstić information content (AvgIpc) is 3.30. The van der Waals surface area contributed by atoms with Crippen LogP contribution in [0.25, 0.3) is 27.0 Å². The number of rotatable bonds is 6. The largest absolute Gasteiger partial charge is 0.465 e. The van der Waals surface area contributed by atoms with Crippen LogP contribution in [-0.2, 0) is 6.54 Å². The summed E-state index contributed by atoms with van der Waals surface area (Å²) in [7, 11) is 0. The molecule has 0 bridgehead atoms. The zero-order valence-electron chi connectivity index (χ0n) is 21.6. The number of likely N-dealkylation sites (tertiary alicyclic amines) is 1. The molecule has 0 radical (unpaired) electrons. The molecule has 5 rings (SSSR count). The molecule has 40 heavy (non-hydrogen) atoms. The maximum atomic E-state index is 15.0. The third-order valence-electron chi connectivity index (χ3n) is 6.77. The number of carbonyl (C=O) groups is 2. The molecule has 1 fully saturated rings. The first-order valence-corrected chi connectivity index (χ1v) is 13.6. The lowest BCUT2D eigenvalue weighted by Crippen LogP contribution is -2.41. The number of amides is 3. The zero-order valence-corrected chi connectivity index (χ0v) is 22.4. The molecule has 3 N–H and O–H groups in total. The lowest BCUT2D eigenvalue weighted by atomic mass is 9.98. The quantitative estimate of drug-likeness (QED) is 0.323. The Kier molecular flexibility index (Phi) is 7.65. The number of urea groups is 1. The first-order valence-electron chi connectivity index (χ1n) is 12.8. The number of halogens is 1. The summed E-state index contributed by atoms with van der Waals surface area (Å²) in [6.45, 7) is 3.50. The number of carbonyl (C=O) groups excluding carboxylic acids is 1. The summed E-state index contributed by atoms with van der Waals surface area (Å²) < 4.78 is 18.4. The van der Waals surface area contributed by atoms with Crippen molar-refractivity contribution < 1.29 is 19.1 Å². The molecule has 0 saturated carbocycles. The van der Waals surface area contributed by atoms with E-state index in [1.54, 1.807) is 25.3 Å². The molecule has 13 heteroatoms. The molecular formula is C27H27FN6O5S. The first-order chi connectivity index (χ1) is 19.2. The van der Waals surface area contributed by atoms with Gasteiger partial charge in [-0.15, -0.1) is 0 Å². The van der Waals surface area contributed by atoms with Crippen LogP contribution in [-0.4, -0.2) is 55.9 Å². The van der Waals surface area contributed by atoms with E-state index in [-0.39, 0.29) is 17.0 Å². The third kappa shape index (κ3) is 5.73. The summed E-state index contributed by atoms with van der Waals surface area (Å²) in [6.07, 6.45) is 3.69. The summed E-state index contributed by atoms with van der Waals surface area (Å²) in [5, 5.41) is 14.8. The van der Waals surface area contributed by atoms with E-state index in [4.69, 9.17) is 0 Å². The van der Waals surface area contributed by atoms with Crippen LogP contribution < -0.4 is 21.8 Å². The fourth-order valence-electron chi connectivity index (χ4n) is 4.85. The van der Waals surface area contributed by atoms with Crippen LogP contribution in [0.4, 0.5) is 19.1 Å². The van der Waals surface area contributed by atoms with Crippen LogP contribution in [0, 0.1) is 11.7 Å². The van der Waals surface area contributed by atoms with Crippen molar-refractivity contribution in [2.24, 2.45) is 5.92 Å². The van der Waals surface area contributed by atoms with Crippen molar-refractivity contribution in [2.45, 2.75) is 26.3 Å². The van der Waals surface area contributed by atoms with Gasteiger partial charge in [0, 0.05) is 56.3 Å². The van der Waals surface area contributed by atoms with Crippen LogP contribution in [0.3, 0.4) is 0 Å². The topological polar surface area (TPSA) is 139 Å². The van der Waals surface area contributed by atoms with Crippen molar-refractivity contribution in [3.05, 3.63) is 75.3 Å². The van der Waals surface area contributed by atoms with Gasteiger partial charge in [-0.25, -0.2) is 19.0 Å². The number of thiazole rings is 1. The van der Waals surface area contributed by atoms with Gasteiger partial charge in [0.25, 0.3) is 11.1 Å². The molecule has 1 saturated heterocycles. The van der Waals surface area contributed by atoms with E-state index >= 15 is 4.39 Å². The normalized spacial score (nSPS) is 15.2. The lowest BCUT2D eigenvalue weighted by Gasteiger charge is -2.31. The molecule has 1 atom stereocenters. The number of aromatic nitrogens is 3. The Labute approximate surface area is 231 Å². The van der Waals surface area contributed by atoms with Crippen LogP contribution in [0.1, 0.15) is 19.8 Å².